The Morgan fingerprint density at radius 3 is 2.93 bits per heavy atom. The molecule has 1 aliphatic carbocycles. The Kier molecular flexibility index (Phi) is 4.56. The number of carboxylic acids is 1. The van der Waals surface area contributed by atoms with Gasteiger partial charge in [-0.1, -0.05) is 6.07 Å². The van der Waals surface area contributed by atoms with Gasteiger partial charge in [-0.15, -0.1) is 0 Å². The van der Waals surface area contributed by atoms with Gasteiger partial charge >= 0.3 is 11.9 Å². The van der Waals surface area contributed by atoms with Crippen molar-refractivity contribution in [1.82, 2.24) is 19.9 Å². The van der Waals surface area contributed by atoms with E-state index >= 15 is 0 Å². The van der Waals surface area contributed by atoms with Crippen LogP contribution in [0, 0.1) is 6.92 Å². The van der Waals surface area contributed by atoms with Gasteiger partial charge in [-0.2, -0.15) is 5.10 Å². The van der Waals surface area contributed by atoms with Gasteiger partial charge in [0.15, 0.2) is 11.3 Å². The van der Waals surface area contributed by atoms with Crippen LogP contribution in [0.15, 0.2) is 30.5 Å². The van der Waals surface area contributed by atoms with Crippen LogP contribution in [0.25, 0.3) is 5.65 Å². The Morgan fingerprint density at radius 2 is 2.18 bits per heavy atom. The van der Waals surface area contributed by atoms with Gasteiger partial charge in [-0.05, 0) is 48.6 Å². The van der Waals surface area contributed by atoms with Crippen LogP contribution in [0.2, 0.25) is 0 Å². The Hall–Kier alpha value is -3.26. The lowest BCUT2D eigenvalue weighted by atomic mass is 9.98. The summed E-state index contributed by atoms with van der Waals surface area (Å²) in [5.41, 5.74) is 5.03. The van der Waals surface area contributed by atoms with Crippen LogP contribution in [0.1, 0.15) is 55.7 Å². The lowest BCUT2D eigenvalue weighted by Gasteiger charge is -2.16. The minimum Gasteiger partial charge on any atom is -0.478 e. The number of nitrogens with zero attached hydrogens (tertiary/aromatic N) is 3. The predicted molar refractivity (Wildman–Crippen MR) is 100 cm³/mol. The molecule has 0 saturated carbocycles. The molecule has 0 amide bonds. The average molecular weight is 380 g/mol. The second kappa shape index (κ2) is 7.05. The average Bonchev–Trinajstić information content (AvgIpc) is 3.32. The van der Waals surface area contributed by atoms with Crippen LogP contribution in [-0.4, -0.2) is 38.8 Å². The Balaban J connectivity index is 1.60. The highest BCUT2D eigenvalue weighted by Gasteiger charge is 2.26. The number of carboxylic acid groups (broad SMARTS) is 1. The van der Waals surface area contributed by atoms with E-state index in [0.29, 0.717) is 17.8 Å². The van der Waals surface area contributed by atoms with Crippen molar-refractivity contribution in [1.29, 1.82) is 0 Å². The molecule has 1 aliphatic rings. The van der Waals surface area contributed by atoms with Crippen molar-refractivity contribution in [3.05, 3.63) is 64.1 Å². The van der Waals surface area contributed by atoms with Crippen LogP contribution in [-0.2, 0) is 17.7 Å². The van der Waals surface area contributed by atoms with Gasteiger partial charge in [0.25, 0.3) is 0 Å². The summed E-state index contributed by atoms with van der Waals surface area (Å²) in [5, 5.41) is 17.1. The molecule has 1 atom stereocenters. The molecule has 8 heteroatoms. The van der Waals surface area contributed by atoms with Gasteiger partial charge in [0.2, 0.25) is 0 Å². The molecule has 144 valence electrons. The number of carbonyl (C=O) groups is 2. The molecule has 2 heterocycles. The molecular formula is C20H20N4O4. The molecule has 0 radical (unpaired) electrons. The third-order valence-electron chi connectivity index (χ3n) is 5.28. The topological polar surface area (TPSA) is 106 Å². The number of rotatable bonds is 5. The first-order valence-corrected chi connectivity index (χ1v) is 9.00. The summed E-state index contributed by atoms with van der Waals surface area (Å²) in [6.07, 6.45) is 3.35. The zero-order valence-electron chi connectivity index (χ0n) is 15.6. The first-order chi connectivity index (χ1) is 13.5. The third kappa shape index (κ3) is 3.01. The quantitative estimate of drug-likeness (QED) is 0.654. The van der Waals surface area contributed by atoms with Gasteiger partial charge < -0.3 is 15.2 Å². The first kappa shape index (κ1) is 18.1. The second-order valence-corrected chi connectivity index (χ2v) is 6.81. The zero-order chi connectivity index (χ0) is 19.8. The lowest BCUT2D eigenvalue weighted by molar-refractivity contribution is 0.0593. The van der Waals surface area contributed by atoms with E-state index in [9.17, 15) is 14.7 Å². The normalized spacial score (nSPS) is 15.6. The fourth-order valence-corrected chi connectivity index (χ4v) is 3.86. The standard InChI is InChI=1S/C20H20N4O4/c1-11-13-5-6-16(15(13)4-3-14(11)19(25)26)21-10-12-9-17(20(27)28-2)23-18-7-8-22-24(12)18/h3-4,7-9,16,21H,5-6,10H2,1-2H3,(H,25,26). The van der Waals surface area contributed by atoms with Gasteiger partial charge in [0.1, 0.15) is 0 Å². The molecule has 4 rings (SSSR count). The van der Waals surface area contributed by atoms with Crippen LogP contribution >= 0.6 is 0 Å². The molecule has 0 fully saturated rings. The maximum atomic E-state index is 11.9. The van der Waals surface area contributed by atoms with E-state index < -0.39 is 11.9 Å². The summed E-state index contributed by atoms with van der Waals surface area (Å²) in [6, 6.07) is 7.08. The molecule has 1 aromatic carbocycles. The lowest BCUT2D eigenvalue weighted by Crippen LogP contribution is -2.21. The molecule has 2 aromatic heterocycles. The molecule has 1 unspecified atom stereocenters. The number of nitrogens with one attached hydrogen (secondary N) is 1. The first-order valence-electron chi connectivity index (χ1n) is 9.00. The number of aromatic nitrogens is 3. The summed E-state index contributed by atoms with van der Waals surface area (Å²) in [4.78, 5) is 27.5. The number of hydrogen-bond acceptors (Lipinski definition) is 6. The number of carbonyl (C=O) groups excluding carboxylic acids is 1. The number of esters is 1. The Morgan fingerprint density at radius 1 is 1.36 bits per heavy atom. The maximum absolute atomic E-state index is 11.9. The highest BCUT2D eigenvalue weighted by atomic mass is 16.5. The van der Waals surface area contributed by atoms with Gasteiger partial charge in [0.05, 0.1) is 24.6 Å². The SMILES string of the molecule is COC(=O)c1cc(CNC2CCc3c2ccc(C(=O)O)c3C)n2nccc2n1. The summed E-state index contributed by atoms with van der Waals surface area (Å²) in [6.45, 7) is 2.35. The van der Waals surface area contributed by atoms with Crippen LogP contribution in [0.4, 0.5) is 0 Å². The molecule has 28 heavy (non-hydrogen) atoms. The van der Waals surface area contributed by atoms with Crippen molar-refractivity contribution >= 4 is 17.6 Å². The van der Waals surface area contributed by atoms with Crippen molar-refractivity contribution in [3.63, 3.8) is 0 Å². The maximum Gasteiger partial charge on any atom is 0.356 e. The van der Waals surface area contributed by atoms with Crippen LogP contribution < -0.4 is 5.32 Å². The van der Waals surface area contributed by atoms with Crippen molar-refractivity contribution in [2.75, 3.05) is 7.11 Å². The number of benzene rings is 1. The van der Waals surface area contributed by atoms with Crippen LogP contribution in [0.5, 0.6) is 0 Å². The van der Waals surface area contributed by atoms with Crippen molar-refractivity contribution in [2.45, 2.75) is 32.4 Å². The fourth-order valence-electron chi connectivity index (χ4n) is 3.86. The summed E-state index contributed by atoms with van der Waals surface area (Å²) in [5.74, 6) is -1.39. The van der Waals surface area contributed by atoms with Crippen LogP contribution in [0.3, 0.4) is 0 Å². The highest BCUT2D eigenvalue weighted by molar-refractivity contribution is 5.90. The largest absolute Gasteiger partial charge is 0.478 e. The Labute approximate surface area is 161 Å². The number of ether oxygens (including phenoxy) is 1. The van der Waals surface area contributed by atoms with Crippen molar-refractivity contribution in [3.8, 4) is 0 Å². The summed E-state index contributed by atoms with van der Waals surface area (Å²) >= 11 is 0. The number of hydrogen-bond donors (Lipinski definition) is 2. The van der Waals surface area contributed by atoms with Gasteiger partial charge in [-0.25, -0.2) is 19.1 Å². The number of methoxy groups -OCH3 is 1. The van der Waals surface area contributed by atoms with E-state index in [1.165, 1.54) is 7.11 Å². The second-order valence-electron chi connectivity index (χ2n) is 6.81. The molecule has 0 bridgehead atoms. The van der Waals surface area contributed by atoms with E-state index in [1.807, 2.05) is 13.0 Å². The molecule has 8 nitrogen and oxygen atoms in total. The number of fused-ring (bicyclic) bond motifs is 2. The fraction of sp³-hybridized carbons (Fsp3) is 0.300. The summed E-state index contributed by atoms with van der Waals surface area (Å²) in [7, 11) is 1.33. The minimum absolute atomic E-state index is 0.108. The highest BCUT2D eigenvalue weighted by Crippen LogP contribution is 2.34. The van der Waals surface area contributed by atoms with Crippen molar-refractivity contribution in [2.24, 2.45) is 0 Å². The van der Waals surface area contributed by atoms with E-state index in [-0.39, 0.29) is 11.7 Å². The molecule has 0 aliphatic heterocycles. The smallest absolute Gasteiger partial charge is 0.356 e. The van der Waals surface area contributed by atoms with Gasteiger partial charge in [-0.3, -0.25) is 0 Å². The Bertz CT molecular complexity index is 1090. The molecule has 2 N–H and O–H groups in total. The van der Waals surface area contributed by atoms with E-state index in [1.54, 1.807) is 28.9 Å². The van der Waals surface area contributed by atoms with E-state index in [4.69, 9.17) is 4.74 Å². The summed E-state index contributed by atoms with van der Waals surface area (Å²) < 4.78 is 6.47. The van der Waals surface area contributed by atoms with Gasteiger partial charge in [0, 0.05) is 18.7 Å². The third-order valence-corrected chi connectivity index (χ3v) is 5.28. The monoisotopic (exact) mass is 380 g/mol. The zero-order valence-corrected chi connectivity index (χ0v) is 15.6. The predicted octanol–water partition coefficient (Wildman–Crippen LogP) is 2.30. The minimum atomic E-state index is -0.898. The molecule has 0 saturated heterocycles. The molecule has 0 spiro atoms. The molecular weight excluding hydrogens is 360 g/mol. The van der Waals surface area contributed by atoms with Crippen molar-refractivity contribution < 1.29 is 19.4 Å². The molecule has 3 aromatic rings. The van der Waals surface area contributed by atoms with E-state index in [0.717, 1.165) is 35.2 Å². The van der Waals surface area contributed by atoms with E-state index in [2.05, 4.69) is 15.4 Å². The number of aromatic carboxylic acids is 1.